The van der Waals surface area contributed by atoms with Crippen LogP contribution in [-0.2, 0) is 22.5 Å². The van der Waals surface area contributed by atoms with Crippen molar-refractivity contribution in [1.29, 1.82) is 0 Å². The molecular weight excluding hydrogens is 408 g/mol. The lowest BCUT2D eigenvalue weighted by atomic mass is 10.1. The summed E-state index contributed by atoms with van der Waals surface area (Å²) in [6.07, 6.45) is 0.694. The lowest BCUT2D eigenvalue weighted by Gasteiger charge is -2.24. The molecule has 0 aliphatic carbocycles. The largest absolute Gasteiger partial charge is 0.489 e. The zero-order chi connectivity index (χ0) is 23.0. The number of nitrogens with zero attached hydrogens (tertiary/aromatic N) is 1. The number of nitrogens with one attached hydrogen (secondary N) is 1. The molecule has 1 fully saturated rings. The zero-order valence-corrected chi connectivity index (χ0v) is 19.0. The van der Waals surface area contributed by atoms with Gasteiger partial charge in [-0.05, 0) is 50.5 Å². The Kier molecular flexibility index (Phi) is 7.98. The summed E-state index contributed by atoms with van der Waals surface area (Å²) in [5.41, 5.74) is 1.54. The number of ether oxygens (including phenoxy) is 3. The van der Waals surface area contributed by atoms with E-state index < -0.39 is 11.7 Å². The highest BCUT2D eigenvalue weighted by Gasteiger charge is 2.30. The third-order valence-electron chi connectivity index (χ3n) is 4.92. The first-order chi connectivity index (χ1) is 15.3. The van der Waals surface area contributed by atoms with Gasteiger partial charge in [0.25, 0.3) is 0 Å². The number of carbonyl (C=O) groups excluding carboxylic acids is 2. The Labute approximate surface area is 189 Å². The molecule has 0 aromatic heterocycles. The molecule has 1 saturated heterocycles. The lowest BCUT2D eigenvalue weighted by molar-refractivity contribution is 0.0275. The van der Waals surface area contributed by atoms with Crippen LogP contribution >= 0.6 is 0 Å². The molecule has 0 bridgehead atoms. The molecule has 3 rings (SSSR count). The number of carbonyl (C=O) groups is 2. The molecule has 0 spiro atoms. The number of likely N-dealkylation sites (tertiary alicyclic amines) is 1. The summed E-state index contributed by atoms with van der Waals surface area (Å²) in [5, 5.41) is 2.76. The monoisotopic (exact) mass is 440 g/mol. The van der Waals surface area contributed by atoms with Crippen molar-refractivity contribution in [3.63, 3.8) is 0 Å². The Bertz CT molecular complexity index is 877. The molecule has 32 heavy (non-hydrogen) atoms. The number of hydrogen-bond acceptors (Lipinski definition) is 5. The van der Waals surface area contributed by atoms with Crippen LogP contribution in [0.25, 0.3) is 0 Å². The van der Waals surface area contributed by atoms with Crippen LogP contribution in [0.15, 0.2) is 54.6 Å². The van der Waals surface area contributed by atoms with Crippen LogP contribution in [0.2, 0.25) is 0 Å². The van der Waals surface area contributed by atoms with E-state index in [0.29, 0.717) is 26.1 Å². The molecule has 7 nitrogen and oxygen atoms in total. The summed E-state index contributed by atoms with van der Waals surface area (Å²) >= 11 is 0. The molecule has 2 amide bonds. The molecule has 0 radical (unpaired) electrons. The fourth-order valence-electron chi connectivity index (χ4n) is 3.33. The van der Waals surface area contributed by atoms with Crippen molar-refractivity contribution in [3.05, 3.63) is 65.7 Å². The van der Waals surface area contributed by atoms with Crippen LogP contribution in [0, 0.1) is 0 Å². The van der Waals surface area contributed by atoms with Gasteiger partial charge in [-0.15, -0.1) is 0 Å². The molecule has 0 saturated carbocycles. The van der Waals surface area contributed by atoms with Crippen LogP contribution in [0.3, 0.4) is 0 Å². The fraction of sp³-hybridized carbons (Fsp3) is 0.440. The number of amides is 2. The summed E-state index contributed by atoms with van der Waals surface area (Å²) in [7, 11) is 0. The third-order valence-corrected chi connectivity index (χ3v) is 4.92. The van der Waals surface area contributed by atoms with Gasteiger partial charge in [0, 0.05) is 19.5 Å². The minimum atomic E-state index is -0.501. The van der Waals surface area contributed by atoms with E-state index in [-0.39, 0.29) is 18.8 Å². The van der Waals surface area contributed by atoms with E-state index >= 15 is 0 Å². The van der Waals surface area contributed by atoms with Gasteiger partial charge in [-0.1, -0.05) is 42.5 Å². The number of alkyl carbamates (subject to hydrolysis) is 1. The summed E-state index contributed by atoms with van der Waals surface area (Å²) in [4.78, 5) is 25.7. The molecular formula is C25H32N2O5. The number of rotatable bonds is 7. The average molecular weight is 441 g/mol. The average Bonchev–Trinajstić information content (AvgIpc) is 3.22. The van der Waals surface area contributed by atoms with Gasteiger partial charge in [0.05, 0.1) is 6.54 Å². The van der Waals surface area contributed by atoms with Crippen molar-refractivity contribution in [2.75, 3.05) is 19.6 Å². The Hall–Kier alpha value is -3.22. The van der Waals surface area contributed by atoms with Gasteiger partial charge >= 0.3 is 12.2 Å². The van der Waals surface area contributed by atoms with Crippen molar-refractivity contribution in [2.24, 2.45) is 0 Å². The molecule has 1 heterocycles. The highest BCUT2D eigenvalue weighted by Crippen LogP contribution is 2.21. The van der Waals surface area contributed by atoms with Gasteiger partial charge in [-0.2, -0.15) is 0 Å². The number of hydrogen-bond donors (Lipinski definition) is 1. The predicted octanol–water partition coefficient (Wildman–Crippen LogP) is 4.54. The Morgan fingerprint density at radius 1 is 1.03 bits per heavy atom. The summed E-state index contributed by atoms with van der Waals surface area (Å²) in [5.74, 6) is 0.764. The minimum Gasteiger partial charge on any atom is -0.489 e. The molecule has 7 heteroatoms. The topological polar surface area (TPSA) is 77.1 Å². The van der Waals surface area contributed by atoms with Gasteiger partial charge in [0.2, 0.25) is 0 Å². The second-order valence-electron chi connectivity index (χ2n) is 8.84. The van der Waals surface area contributed by atoms with Crippen molar-refractivity contribution in [2.45, 2.75) is 51.9 Å². The van der Waals surface area contributed by atoms with E-state index in [2.05, 4.69) is 5.32 Å². The van der Waals surface area contributed by atoms with E-state index in [1.165, 1.54) is 0 Å². The van der Waals surface area contributed by atoms with E-state index in [9.17, 15) is 9.59 Å². The molecule has 2 aromatic rings. The predicted molar refractivity (Wildman–Crippen MR) is 122 cm³/mol. The first kappa shape index (κ1) is 23.4. The van der Waals surface area contributed by atoms with Crippen molar-refractivity contribution in [3.8, 4) is 5.75 Å². The molecule has 1 aliphatic heterocycles. The standard InChI is InChI=1S/C25H32N2O5/c1-25(2,3)32-24(29)27-16-14-22(17-27)31-21-11-9-19(10-12-21)13-15-26-23(28)30-18-20-7-5-4-6-8-20/h4-12,22H,13-18H2,1-3H3,(H,26,28)/t22-/m0/s1. The highest BCUT2D eigenvalue weighted by molar-refractivity contribution is 5.68. The molecule has 0 unspecified atom stereocenters. The van der Waals surface area contributed by atoms with Crippen LogP contribution in [-0.4, -0.2) is 48.4 Å². The van der Waals surface area contributed by atoms with Gasteiger partial charge in [0.15, 0.2) is 0 Å². The highest BCUT2D eigenvalue weighted by atomic mass is 16.6. The van der Waals surface area contributed by atoms with Crippen LogP contribution in [0.1, 0.15) is 38.3 Å². The SMILES string of the molecule is CC(C)(C)OC(=O)N1CC[C@H](Oc2ccc(CCNC(=O)OCc3ccccc3)cc2)C1. The van der Waals surface area contributed by atoms with Crippen LogP contribution < -0.4 is 10.1 Å². The maximum Gasteiger partial charge on any atom is 0.410 e. The van der Waals surface area contributed by atoms with Crippen LogP contribution in [0.4, 0.5) is 9.59 Å². The molecule has 172 valence electrons. The smallest absolute Gasteiger partial charge is 0.410 e. The van der Waals surface area contributed by atoms with Crippen LogP contribution in [0.5, 0.6) is 5.75 Å². The van der Waals surface area contributed by atoms with Crippen molar-refractivity contribution < 1.29 is 23.8 Å². The van der Waals surface area contributed by atoms with E-state index in [4.69, 9.17) is 14.2 Å². The second kappa shape index (κ2) is 10.9. The molecule has 1 aliphatic rings. The van der Waals surface area contributed by atoms with Crippen molar-refractivity contribution in [1.82, 2.24) is 10.2 Å². The van der Waals surface area contributed by atoms with Crippen molar-refractivity contribution >= 4 is 12.2 Å². The first-order valence-corrected chi connectivity index (χ1v) is 11.0. The lowest BCUT2D eigenvalue weighted by Crippen LogP contribution is -2.36. The van der Waals surface area contributed by atoms with Gasteiger partial charge < -0.3 is 24.4 Å². The summed E-state index contributed by atoms with van der Waals surface area (Å²) < 4.78 is 16.6. The maximum absolute atomic E-state index is 12.2. The minimum absolute atomic E-state index is 0.0468. The van der Waals surface area contributed by atoms with E-state index in [0.717, 1.165) is 23.3 Å². The second-order valence-corrected chi connectivity index (χ2v) is 8.84. The van der Waals surface area contributed by atoms with Gasteiger partial charge in [0.1, 0.15) is 24.1 Å². The molecule has 2 aromatic carbocycles. The summed E-state index contributed by atoms with van der Waals surface area (Å²) in [6, 6.07) is 17.4. The van der Waals surface area contributed by atoms with Gasteiger partial charge in [-0.25, -0.2) is 9.59 Å². The normalized spacial score (nSPS) is 15.8. The Morgan fingerprint density at radius 3 is 2.44 bits per heavy atom. The Balaban J connectivity index is 1.35. The van der Waals surface area contributed by atoms with Gasteiger partial charge in [-0.3, -0.25) is 0 Å². The third kappa shape index (κ3) is 7.80. The summed E-state index contributed by atoms with van der Waals surface area (Å²) in [6.45, 7) is 7.47. The van der Waals surface area contributed by atoms with E-state index in [1.807, 2.05) is 75.4 Å². The maximum atomic E-state index is 12.2. The zero-order valence-electron chi connectivity index (χ0n) is 19.0. The fourth-order valence-corrected chi connectivity index (χ4v) is 3.33. The molecule has 1 N–H and O–H groups in total. The Morgan fingerprint density at radius 2 is 1.75 bits per heavy atom. The first-order valence-electron chi connectivity index (χ1n) is 11.0. The quantitative estimate of drug-likeness (QED) is 0.684. The molecule has 1 atom stereocenters. The number of benzene rings is 2. The van der Waals surface area contributed by atoms with E-state index in [1.54, 1.807) is 4.90 Å².